The lowest BCUT2D eigenvalue weighted by molar-refractivity contribution is -0.929. The van der Waals surface area contributed by atoms with Gasteiger partial charge in [-0.2, -0.15) is 0 Å². The fourth-order valence-corrected chi connectivity index (χ4v) is 9.29. The average molecular weight is 761 g/mol. The summed E-state index contributed by atoms with van der Waals surface area (Å²) in [6.07, 6.45) is 66.2. The third-order valence-corrected chi connectivity index (χ3v) is 13.2. The molecule has 0 rings (SSSR count). The largest absolute Gasteiger partial charge is 0.324 e. The molecule has 0 aromatic carbocycles. The van der Waals surface area contributed by atoms with Crippen LogP contribution in [0.4, 0.5) is 0 Å². The zero-order valence-electron chi connectivity index (χ0n) is 39.1. The zero-order chi connectivity index (χ0) is 39.1. The average Bonchev–Trinajstić information content (AvgIpc) is 3.18. The van der Waals surface area contributed by atoms with E-state index in [9.17, 15) is 0 Å². The van der Waals surface area contributed by atoms with Crippen LogP contribution in [-0.4, -0.2) is 30.7 Å². The van der Waals surface area contributed by atoms with Gasteiger partial charge in [0.1, 0.15) is 0 Å². The van der Waals surface area contributed by atoms with Crippen molar-refractivity contribution in [2.45, 2.75) is 317 Å². The van der Waals surface area contributed by atoms with Crippen molar-refractivity contribution >= 4 is 0 Å². The first kappa shape index (κ1) is 54.0. The lowest BCUT2D eigenvalue weighted by Crippen LogP contribution is -2.50. The highest BCUT2D eigenvalue weighted by Crippen LogP contribution is 2.22. The normalized spacial score (nSPS) is 12.0. The molecule has 0 amide bonds. The fraction of sp³-hybridized carbons (Fsp3) is 1.00. The Morgan fingerprint density at radius 3 is 0.389 bits per heavy atom. The van der Waals surface area contributed by atoms with Gasteiger partial charge < -0.3 is 4.48 Å². The summed E-state index contributed by atoms with van der Waals surface area (Å²) < 4.78 is 1.49. The molecule has 0 spiro atoms. The van der Waals surface area contributed by atoms with E-state index >= 15 is 0 Å². The number of hydrogen-bond acceptors (Lipinski definition) is 0. The minimum absolute atomic E-state index is 1.37. The van der Waals surface area contributed by atoms with Crippen LogP contribution >= 0.6 is 0 Å². The molecule has 1 nitrogen and oxygen atoms in total. The second kappa shape index (κ2) is 47.3. The minimum atomic E-state index is 1.37. The van der Waals surface area contributed by atoms with Gasteiger partial charge in [0.25, 0.3) is 0 Å². The van der Waals surface area contributed by atoms with Crippen LogP contribution in [0.5, 0.6) is 0 Å². The molecule has 0 bridgehead atoms. The summed E-state index contributed by atoms with van der Waals surface area (Å²) in [5.74, 6) is 0. The molecule has 1 heteroatoms. The van der Waals surface area contributed by atoms with Gasteiger partial charge in [-0.3, -0.25) is 0 Å². The van der Waals surface area contributed by atoms with Gasteiger partial charge in [-0.25, -0.2) is 0 Å². The van der Waals surface area contributed by atoms with E-state index in [4.69, 9.17) is 0 Å². The lowest BCUT2D eigenvalue weighted by Gasteiger charge is -2.40. The maximum absolute atomic E-state index is 2.34. The summed E-state index contributed by atoms with van der Waals surface area (Å²) in [7, 11) is 0. The van der Waals surface area contributed by atoms with E-state index in [1.54, 1.807) is 0 Å². The van der Waals surface area contributed by atoms with Crippen molar-refractivity contribution in [3.05, 3.63) is 0 Å². The van der Waals surface area contributed by atoms with Crippen LogP contribution in [0.25, 0.3) is 0 Å². The third-order valence-electron chi connectivity index (χ3n) is 13.2. The highest BCUT2D eigenvalue weighted by molar-refractivity contribution is 4.57. The predicted molar refractivity (Wildman–Crippen MR) is 250 cm³/mol. The van der Waals surface area contributed by atoms with Crippen molar-refractivity contribution in [3.8, 4) is 0 Å². The van der Waals surface area contributed by atoms with Crippen molar-refractivity contribution < 1.29 is 4.48 Å². The van der Waals surface area contributed by atoms with Crippen LogP contribution in [-0.2, 0) is 0 Å². The topological polar surface area (TPSA) is 0 Å². The van der Waals surface area contributed by atoms with E-state index in [1.807, 2.05) is 0 Å². The van der Waals surface area contributed by atoms with Gasteiger partial charge in [-0.05, 0) is 51.4 Å². The van der Waals surface area contributed by atoms with Crippen LogP contribution in [0.2, 0.25) is 0 Å². The maximum Gasteiger partial charge on any atom is 0.0786 e. The molecule has 326 valence electrons. The zero-order valence-corrected chi connectivity index (χ0v) is 39.1. The van der Waals surface area contributed by atoms with E-state index in [-0.39, 0.29) is 0 Å². The van der Waals surface area contributed by atoms with Gasteiger partial charge in [0.05, 0.1) is 26.2 Å². The summed E-state index contributed by atoms with van der Waals surface area (Å²) in [5, 5.41) is 0. The Morgan fingerprint density at radius 2 is 0.259 bits per heavy atom. The molecule has 0 aliphatic rings. The molecule has 0 atom stereocenters. The number of rotatable bonds is 49. The smallest absolute Gasteiger partial charge is 0.0786 e. The number of quaternary nitrogens is 1. The molecule has 0 aliphatic carbocycles. The highest BCUT2D eigenvalue weighted by atomic mass is 15.3. The number of unbranched alkanes of at least 4 members (excludes halogenated alkanes) is 41. The second-order valence-electron chi connectivity index (χ2n) is 18.7. The molecule has 0 unspecified atom stereocenters. The quantitative estimate of drug-likeness (QED) is 0.0428. The van der Waals surface area contributed by atoms with Crippen LogP contribution < -0.4 is 0 Å². The molecule has 0 saturated carbocycles. The SMILES string of the molecule is CCCCCCCCCCCCCCCCC[N+](CCCCCCCCCCCC)(CCCCCCCCCCCC)CCCCCCCCCCCC. The molecule has 0 fully saturated rings. The Bertz CT molecular complexity index is 581. The van der Waals surface area contributed by atoms with Crippen LogP contribution in [0, 0.1) is 0 Å². The molecular formula is C53H110N+. The molecule has 0 heterocycles. The van der Waals surface area contributed by atoms with E-state index < -0.39 is 0 Å². The van der Waals surface area contributed by atoms with Crippen molar-refractivity contribution in [2.24, 2.45) is 0 Å². The first-order chi connectivity index (χ1) is 26.7. The predicted octanol–water partition coefficient (Wildman–Crippen LogP) is 19.4. The van der Waals surface area contributed by atoms with Crippen molar-refractivity contribution in [3.63, 3.8) is 0 Å². The minimum Gasteiger partial charge on any atom is -0.324 e. The highest BCUT2D eigenvalue weighted by Gasteiger charge is 2.25. The van der Waals surface area contributed by atoms with E-state index in [0.29, 0.717) is 0 Å². The van der Waals surface area contributed by atoms with Gasteiger partial charge in [0.15, 0.2) is 0 Å². The Labute approximate surface area is 346 Å². The molecule has 0 aromatic rings. The van der Waals surface area contributed by atoms with E-state index in [1.165, 1.54) is 320 Å². The Hall–Kier alpha value is -0.0400. The summed E-state index contributed by atoms with van der Waals surface area (Å²) in [5.41, 5.74) is 0. The molecule has 0 aromatic heterocycles. The molecular weight excluding hydrogens is 651 g/mol. The second-order valence-corrected chi connectivity index (χ2v) is 18.7. The van der Waals surface area contributed by atoms with Crippen molar-refractivity contribution in [1.29, 1.82) is 0 Å². The summed E-state index contributed by atoms with van der Waals surface area (Å²) in [6.45, 7) is 15.3. The maximum atomic E-state index is 2.34. The third kappa shape index (κ3) is 41.6. The van der Waals surface area contributed by atoms with Gasteiger partial charge in [0.2, 0.25) is 0 Å². The van der Waals surface area contributed by atoms with Gasteiger partial charge in [-0.15, -0.1) is 0 Å². The monoisotopic (exact) mass is 761 g/mol. The molecule has 0 saturated heterocycles. The van der Waals surface area contributed by atoms with Crippen molar-refractivity contribution in [2.75, 3.05) is 26.2 Å². The summed E-state index contributed by atoms with van der Waals surface area (Å²) in [4.78, 5) is 0. The van der Waals surface area contributed by atoms with Crippen LogP contribution in [0.3, 0.4) is 0 Å². The van der Waals surface area contributed by atoms with Crippen LogP contribution in [0.1, 0.15) is 317 Å². The summed E-state index contributed by atoms with van der Waals surface area (Å²) >= 11 is 0. The Morgan fingerprint density at radius 1 is 0.148 bits per heavy atom. The molecule has 0 radical (unpaired) electrons. The van der Waals surface area contributed by atoms with Gasteiger partial charge in [-0.1, -0.05) is 265 Å². The van der Waals surface area contributed by atoms with Crippen LogP contribution in [0.15, 0.2) is 0 Å². The molecule has 0 N–H and O–H groups in total. The lowest BCUT2D eigenvalue weighted by atomic mass is 10.0. The standard InChI is InChI=1S/C53H110N/c1-5-9-13-17-21-25-29-30-31-32-33-37-41-45-49-53-54(50-46-42-38-34-26-22-18-14-10-6-2,51-47-43-39-35-27-23-19-15-11-7-3)52-48-44-40-36-28-24-20-16-12-8-4/h5-53H2,1-4H3/q+1. The number of hydrogen-bond donors (Lipinski definition) is 0. The Balaban J connectivity index is 4.82. The Kier molecular flexibility index (Phi) is 47.3. The first-order valence-corrected chi connectivity index (χ1v) is 26.6. The van der Waals surface area contributed by atoms with Crippen molar-refractivity contribution in [1.82, 2.24) is 0 Å². The fourth-order valence-electron chi connectivity index (χ4n) is 9.29. The summed E-state index contributed by atoms with van der Waals surface area (Å²) in [6, 6.07) is 0. The molecule has 54 heavy (non-hydrogen) atoms. The first-order valence-electron chi connectivity index (χ1n) is 26.6. The number of nitrogens with zero attached hydrogens (tertiary/aromatic N) is 1. The van der Waals surface area contributed by atoms with E-state index in [2.05, 4.69) is 27.7 Å². The van der Waals surface area contributed by atoms with Gasteiger partial charge >= 0.3 is 0 Å². The van der Waals surface area contributed by atoms with Gasteiger partial charge in [0, 0.05) is 0 Å². The molecule has 0 aliphatic heterocycles. The van der Waals surface area contributed by atoms with E-state index in [0.717, 1.165) is 0 Å².